The smallest absolute Gasteiger partial charge is 0.256 e. The molecule has 3 rings (SSSR count). The molecule has 0 spiro atoms. The number of benzene rings is 1. The van der Waals surface area contributed by atoms with Gasteiger partial charge < -0.3 is 19.8 Å². The third-order valence-corrected chi connectivity index (χ3v) is 5.74. The van der Waals surface area contributed by atoms with E-state index in [-0.39, 0.29) is 18.4 Å². The van der Waals surface area contributed by atoms with Gasteiger partial charge in [0, 0.05) is 45.3 Å². The number of amides is 2. The molecule has 26 heavy (non-hydrogen) atoms. The number of hydrogen-bond donors (Lipinski definition) is 1. The topological polar surface area (TPSA) is 64.1 Å². The van der Waals surface area contributed by atoms with E-state index in [9.17, 15) is 14.7 Å². The summed E-state index contributed by atoms with van der Waals surface area (Å²) in [5.74, 6) is -0.321. The van der Waals surface area contributed by atoms with E-state index in [0.717, 1.165) is 13.1 Å². The molecule has 6 nitrogen and oxygen atoms in total. The number of aliphatic hydroxyl groups is 1. The Morgan fingerprint density at radius 1 is 1.00 bits per heavy atom. The van der Waals surface area contributed by atoms with Gasteiger partial charge in [-0.3, -0.25) is 9.59 Å². The van der Waals surface area contributed by atoms with Crippen LogP contribution in [0.3, 0.4) is 0 Å². The molecule has 2 heterocycles. The molecule has 2 aliphatic rings. The Morgan fingerprint density at radius 3 is 2.31 bits per heavy atom. The van der Waals surface area contributed by atoms with Crippen LogP contribution in [0.1, 0.15) is 30.9 Å². The van der Waals surface area contributed by atoms with E-state index in [1.54, 1.807) is 9.80 Å². The molecule has 0 aliphatic carbocycles. The molecule has 0 radical (unpaired) electrons. The monoisotopic (exact) mass is 359 g/mol. The van der Waals surface area contributed by atoms with Crippen molar-refractivity contribution in [3.8, 4) is 0 Å². The van der Waals surface area contributed by atoms with Gasteiger partial charge in [0.2, 0.25) is 5.91 Å². The summed E-state index contributed by atoms with van der Waals surface area (Å²) < 4.78 is 0. The van der Waals surface area contributed by atoms with Gasteiger partial charge in [0.25, 0.3) is 5.91 Å². The zero-order valence-corrected chi connectivity index (χ0v) is 16.0. The number of anilines is 1. The van der Waals surface area contributed by atoms with Gasteiger partial charge >= 0.3 is 0 Å². The number of hydrogen-bond acceptors (Lipinski definition) is 4. The average molecular weight is 359 g/mol. The molecule has 2 aliphatic heterocycles. The van der Waals surface area contributed by atoms with Crippen LogP contribution >= 0.6 is 0 Å². The zero-order chi connectivity index (χ0) is 18.9. The quantitative estimate of drug-likeness (QED) is 0.865. The summed E-state index contributed by atoms with van der Waals surface area (Å²) in [5, 5.41) is 10.9. The molecule has 1 unspecified atom stereocenters. The molecule has 1 aromatic rings. The highest BCUT2D eigenvalue weighted by Crippen LogP contribution is 2.26. The second kappa shape index (κ2) is 7.27. The zero-order valence-electron chi connectivity index (χ0n) is 16.0. The number of aryl methyl sites for hydroxylation is 2. The Labute approximate surface area is 155 Å². The van der Waals surface area contributed by atoms with Gasteiger partial charge in [-0.15, -0.1) is 0 Å². The molecule has 142 valence electrons. The molecule has 2 saturated heterocycles. The standard InChI is InChI=1S/C20H29N3O3/c1-15-5-6-18(13-16(15)2)21-9-11-22(12-10-21)19(25)20(26)7-4-8-23(14-20)17(3)24/h5-6,13,26H,4,7-12,14H2,1-3H3. The summed E-state index contributed by atoms with van der Waals surface area (Å²) in [7, 11) is 0. The molecule has 1 aromatic carbocycles. The molecule has 1 N–H and O–H groups in total. The Balaban J connectivity index is 1.62. The summed E-state index contributed by atoms with van der Waals surface area (Å²) in [5.41, 5.74) is 2.28. The lowest BCUT2D eigenvalue weighted by Gasteiger charge is -2.43. The number of carbonyl (C=O) groups is 2. The molecule has 0 aromatic heterocycles. The maximum atomic E-state index is 12.9. The Morgan fingerprint density at radius 2 is 1.69 bits per heavy atom. The van der Waals surface area contributed by atoms with Gasteiger partial charge in [-0.1, -0.05) is 6.07 Å². The lowest BCUT2D eigenvalue weighted by molar-refractivity contribution is -0.160. The van der Waals surface area contributed by atoms with Gasteiger partial charge in [0.15, 0.2) is 5.60 Å². The number of piperidine rings is 1. The van der Waals surface area contributed by atoms with Crippen LogP contribution in [0.5, 0.6) is 0 Å². The normalized spacial score (nSPS) is 23.9. The van der Waals surface area contributed by atoms with Crippen LogP contribution < -0.4 is 4.90 Å². The van der Waals surface area contributed by atoms with Gasteiger partial charge in [0.1, 0.15) is 0 Å². The number of piperazine rings is 1. The number of carbonyl (C=O) groups excluding carboxylic acids is 2. The van der Waals surface area contributed by atoms with Gasteiger partial charge in [-0.05, 0) is 49.9 Å². The first-order valence-electron chi connectivity index (χ1n) is 9.40. The van der Waals surface area contributed by atoms with Crippen LogP contribution in [0, 0.1) is 13.8 Å². The van der Waals surface area contributed by atoms with Gasteiger partial charge in [-0.25, -0.2) is 0 Å². The van der Waals surface area contributed by atoms with Crippen LogP contribution in [0.15, 0.2) is 18.2 Å². The summed E-state index contributed by atoms with van der Waals surface area (Å²) in [6, 6.07) is 6.44. The third-order valence-electron chi connectivity index (χ3n) is 5.74. The predicted molar refractivity (Wildman–Crippen MR) is 101 cm³/mol. The first kappa shape index (κ1) is 18.7. The van der Waals surface area contributed by atoms with E-state index in [2.05, 4.69) is 36.9 Å². The minimum Gasteiger partial charge on any atom is -0.378 e. The number of nitrogens with zero attached hydrogens (tertiary/aromatic N) is 3. The van der Waals surface area contributed by atoms with E-state index < -0.39 is 5.60 Å². The average Bonchev–Trinajstić information content (AvgIpc) is 2.63. The highest BCUT2D eigenvalue weighted by atomic mass is 16.3. The molecule has 2 fully saturated rings. The SMILES string of the molecule is CC(=O)N1CCCC(O)(C(=O)N2CCN(c3ccc(C)c(C)c3)CC2)C1. The molecular formula is C20H29N3O3. The molecule has 2 amide bonds. The highest BCUT2D eigenvalue weighted by molar-refractivity contribution is 5.86. The van der Waals surface area contributed by atoms with Crippen LogP contribution in [-0.4, -0.2) is 71.6 Å². The van der Waals surface area contributed by atoms with Crippen molar-refractivity contribution in [1.29, 1.82) is 0 Å². The van der Waals surface area contributed by atoms with Crippen molar-refractivity contribution in [2.45, 2.75) is 39.2 Å². The van der Waals surface area contributed by atoms with Crippen LogP contribution in [-0.2, 0) is 9.59 Å². The second-order valence-electron chi connectivity index (χ2n) is 7.62. The first-order chi connectivity index (χ1) is 12.3. The van der Waals surface area contributed by atoms with E-state index in [4.69, 9.17) is 0 Å². The van der Waals surface area contributed by atoms with Crippen LogP contribution in [0.25, 0.3) is 0 Å². The van der Waals surface area contributed by atoms with Gasteiger partial charge in [-0.2, -0.15) is 0 Å². The highest BCUT2D eigenvalue weighted by Gasteiger charge is 2.43. The number of likely N-dealkylation sites (tertiary alicyclic amines) is 1. The van der Waals surface area contributed by atoms with Crippen molar-refractivity contribution in [3.05, 3.63) is 29.3 Å². The Hall–Kier alpha value is -2.08. The lowest BCUT2D eigenvalue weighted by Crippen LogP contribution is -2.61. The van der Waals surface area contributed by atoms with Crippen molar-refractivity contribution in [2.75, 3.05) is 44.2 Å². The summed E-state index contributed by atoms with van der Waals surface area (Å²) in [4.78, 5) is 30.1. The lowest BCUT2D eigenvalue weighted by atomic mass is 9.91. The first-order valence-corrected chi connectivity index (χ1v) is 9.40. The molecule has 0 bridgehead atoms. The maximum Gasteiger partial charge on any atom is 0.256 e. The van der Waals surface area contributed by atoms with Gasteiger partial charge in [0.05, 0.1) is 6.54 Å². The molecule has 1 atom stereocenters. The van der Waals surface area contributed by atoms with E-state index in [0.29, 0.717) is 32.5 Å². The van der Waals surface area contributed by atoms with Crippen molar-refractivity contribution in [2.24, 2.45) is 0 Å². The molecule has 6 heteroatoms. The number of rotatable bonds is 2. The minimum atomic E-state index is -1.44. The van der Waals surface area contributed by atoms with Crippen molar-refractivity contribution >= 4 is 17.5 Å². The fourth-order valence-corrected chi connectivity index (χ4v) is 3.86. The maximum absolute atomic E-state index is 12.9. The van der Waals surface area contributed by atoms with Crippen molar-refractivity contribution < 1.29 is 14.7 Å². The number of β-amino-alcohol motifs (C(OH)–C–C–N with tert-alkyl or cyclic N) is 1. The van der Waals surface area contributed by atoms with Crippen molar-refractivity contribution in [1.82, 2.24) is 9.80 Å². The molecular weight excluding hydrogens is 330 g/mol. The van der Waals surface area contributed by atoms with E-state index >= 15 is 0 Å². The van der Waals surface area contributed by atoms with E-state index in [1.165, 1.54) is 23.7 Å². The third kappa shape index (κ3) is 3.70. The summed E-state index contributed by atoms with van der Waals surface area (Å²) in [6.07, 6.45) is 1.08. The minimum absolute atomic E-state index is 0.0875. The van der Waals surface area contributed by atoms with Crippen LogP contribution in [0.2, 0.25) is 0 Å². The Bertz CT molecular complexity index is 698. The summed E-state index contributed by atoms with van der Waals surface area (Å²) in [6.45, 7) is 9.11. The summed E-state index contributed by atoms with van der Waals surface area (Å²) >= 11 is 0. The van der Waals surface area contributed by atoms with E-state index in [1.807, 2.05) is 0 Å². The second-order valence-corrected chi connectivity index (χ2v) is 7.62. The predicted octanol–water partition coefficient (Wildman–Crippen LogP) is 1.33. The van der Waals surface area contributed by atoms with Crippen molar-refractivity contribution in [3.63, 3.8) is 0 Å². The Kier molecular flexibility index (Phi) is 5.23. The fraction of sp³-hybridized carbons (Fsp3) is 0.600. The van der Waals surface area contributed by atoms with Crippen LogP contribution in [0.4, 0.5) is 5.69 Å². The fourth-order valence-electron chi connectivity index (χ4n) is 3.86. The molecule has 0 saturated carbocycles. The largest absolute Gasteiger partial charge is 0.378 e.